The number of hydrazine groups is 1. The van der Waals surface area contributed by atoms with Crippen LogP contribution in [0.1, 0.15) is 50.6 Å². The van der Waals surface area contributed by atoms with E-state index in [1.807, 2.05) is 12.1 Å². The van der Waals surface area contributed by atoms with Crippen LogP contribution >= 0.6 is 0 Å². The van der Waals surface area contributed by atoms with E-state index in [1.54, 1.807) is 7.11 Å². The summed E-state index contributed by atoms with van der Waals surface area (Å²) in [4.78, 5) is 0. The predicted molar refractivity (Wildman–Crippen MR) is 74.3 cm³/mol. The highest BCUT2D eigenvalue weighted by atomic mass is 16.5. The molecule has 0 saturated heterocycles. The van der Waals surface area contributed by atoms with Gasteiger partial charge in [0.1, 0.15) is 5.75 Å². The summed E-state index contributed by atoms with van der Waals surface area (Å²) in [5.74, 6) is 6.73. The third-order valence-corrected chi connectivity index (χ3v) is 4.53. The van der Waals surface area contributed by atoms with Crippen molar-refractivity contribution >= 4 is 0 Å². The molecule has 0 radical (unpaired) electrons. The van der Waals surface area contributed by atoms with Gasteiger partial charge in [0.25, 0.3) is 0 Å². The molecule has 0 aliphatic heterocycles. The maximum Gasteiger partial charge on any atom is 0.118 e. The molecular weight excluding hydrogens is 224 g/mol. The number of nitrogens with two attached hydrogens (primary N) is 1. The second-order valence-electron chi connectivity index (χ2n) is 5.30. The van der Waals surface area contributed by atoms with E-state index in [0.29, 0.717) is 5.41 Å². The van der Waals surface area contributed by atoms with Crippen LogP contribution in [0.2, 0.25) is 0 Å². The lowest BCUT2D eigenvalue weighted by atomic mass is 9.74. The van der Waals surface area contributed by atoms with Crippen LogP contribution in [0.3, 0.4) is 0 Å². The Labute approximate surface area is 110 Å². The maximum absolute atomic E-state index is 5.83. The van der Waals surface area contributed by atoms with Gasteiger partial charge in [-0.05, 0) is 42.4 Å². The van der Waals surface area contributed by atoms with E-state index in [0.717, 1.165) is 5.75 Å². The first-order valence-corrected chi connectivity index (χ1v) is 6.86. The summed E-state index contributed by atoms with van der Waals surface area (Å²) < 4.78 is 5.21. The molecule has 3 N–H and O–H groups in total. The van der Waals surface area contributed by atoms with Gasteiger partial charge in [-0.2, -0.15) is 0 Å². The third kappa shape index (κ3) is 2.38. The fraction of sp³-hybridized carbons (Fsp3) is 0.600. The minimum absolute atomic E-state index is 0.246. The Kier molecular flexibility index (Phi) is 4.25. The van der Waals surface area contributed by atoms with E-state index in [9.17, 15) is 0 Å². The fourth-order valence-corrected chi connectivity index (χ4v) is 3.35. The summed E-state index contributed by atoms with van der Waals surface area (Å²) in [6.07, 6.45) is 6.35. The molecule has 0 spiro atoms. The monoisotopic (exact) mass is 248 g/mol. The topological polar surface area (TPSA) is 47.3 Å². The highest BCUT2D eigenvalue weighted by molar-refractivity contribution is 5.30. The Morgan fingerprint density at radius 3 is 2.33 bits per heavy atom. The predicted octanol–water partition coefficient (Wildman–Crippen LogP) is 3.17. The van der Waals surface area contributed by atoms with Crippen LogP contribution in [0.15, 0.2) is 24.3 Å². The molecule has 100 valence electrons. The molecule has 0 bridgehead atoms. The molecule has 1 atom stereocenters. The SMILES string of the molecule is CCC1(C(NN)c2ccc(OC)cc2)CCCC1. The van der Waals surface area contributed by atoms with Gasteiger partial charge in [0.15, 0.2) is 0 Å². The number of rotatable bonds is 5. The standard InChI is InChI=1S/C15H24N2O/c1-3-15(10-4-5-11-15)14(17-16)12-6-8-13(18-2)9-7-12/h6-9,14,17H,3-5,10-11,16H2,1-2H3. The molecule has 1 aliphatic carbocycles. The molecular formula is C15H24N2O. The number of ether oxygens (including phenoxy) is 1. The van der Waals surface area contributed by atoms with E-state index < -0.39 is 0 Å². The number of nitrogens with one attached hydrogen (secondary N) is 1. The van der Waals surface area contributed by atoms with Crippen molar-refractivity contribution in [2.45, 2.75) is 45.1 Å². The van der Waals surface area contributed by atoms with E-state index in [4.69, 9.17) is 10.6 Å². The number of benzene rings is 1. The van der Waals surface area contributed by atoms with E-state index in [1.165, 1.54) is 37.7 Å². The quantitative estimate of drug-likeness (QED) is 0.621. The molecule has 1 fully saturated rings. The minimum Gasteiger partial charge on any atom is -0.497 e. The molecule has 1 aromatic rings. The van der Waals surface area contributed by atoms with E-state index in [-0.39, 0.29) is 6.04 Å². The highest BCUT2D eigenvalue weighted by Crippen LogP contribution is 2.49. The van der Waals surface area contributed by atoms with Crippen molar-refractivity contribution in [3.8, 4) is 5.75 Å². The normalized spacial score (nSPS) is 19.7. The van der Waals surface area contributed by atoms with Crippen LogP contribution in [0.5, 0.6) is 5.75 Å². The first-order valence-electron chi connectivity index (χ1n) is 6.86. The average molecular weight is 248 g/mol. The summed E-state index contributed by atoms with van der Waals surface area (Å²) in [7, 11) is 1.69. The smallest absolute Gasteiger partial charge is 0.118 e. The van der Waals surface area contributed by atoms with Crippen LogP contribution in [0.25, 0.3) is 0 Å². The van der Waals surface area contributed by atoms with Crippen LogP contribution in [0.4, 0.5) is 0 Å². The summed E-state index contributed by atoms with van der Waals surface area (Å²) in [5.41, 5.74) is 4.64. The van der Waals surface area contributed by atoms with Crippen molar-refractivity contribution in [1.82, 2.24) is 5.43 Å². The lowest BCUT2D eigenvalue weighted by molar-refractivity contribution is 0.188. The largest absolute Gasteiger partial charge is 0.497 e. The highest BCUT2D eigenvalue weighted by Gasteiger charge is 2.39. The van der Waals surface area contributed by atoms with Crippen LogP contribution in [0, 0.1) is 5.41 Å². The number of methoxy groups -OCH3 is 1. The molecule has 1 unspecified atom stereocenters. The Bertz CT molecular complexity index is 369. The van der Waals surface area contributed by atoms with Crippen LogP contribution < -0.4 is 16.0 Å². The summed E-state index contributed by atoms with van der Waals surface area (Å²) >= 11 is 0. The van der Waals surface area contributed by atoms with Crippen molar-refractivity contribution in [2.75, 3.05) is 7.11 Å². The van der Waals surface area contributed by atoms with Gasteiger partial charge in [0, 0.05) is 0 Å². The van der Waals surface area contributed by atoms with E-state index in [2.05, 4.69) is 24.5 Å². The maximum atomic E-state index is 5.83. The zero-order chi connectivity index (χ0) is 13.0. The number of hydrogen-bond acceptors (Lipinski definition) is 3. The molecule has 1 saturated carbocycles. The van der Waals surface area contributed by atoms with Gasteiger partial charge in [-0.3, -0.25) is 11.3 Å². The Balaban J connectivity index is 2.26. The summed E-state index contributed by atoms with van der Waals surface area (Å²) in [6, 6.07) is 8.52. The molecule has 0 aromatic heterocycles. The summed E-state index contributed by atoms with van der Waals surface area (Å²) in [5, 5.41) is 0. The molecule has 0 amide bonds. The molecule has 3 nitrogen and oxygen atoms in total. The first-order chi connectivity index (χ1) is 8.75. The Morgan fingerprint density at radius 2 is 1.89 bits per heavy atom. The average Bonchev–Trinajstić information content (AvgIpc) is 2.90. The van der Waals surface area contributed by atoms with Crippen molar-refractivity contribution in [3.05, 3.63) is 29.8 Å². The second kappa shape index (κ2) is 5.72. The zero-order valence-electron chi connectivity index (χ0n) is 11.4. The molecule has 18 heavy (non-hydrogen) atoms. The van der Waals surface area contributed by atoms with Crippen LogP contribution in [-0.2, 0) is 0 Å². The third-order valence-electron chi connectivity index (χ3n) is 4.53. The molecule has 3 heteroatoms. The van der Waals surface area contributed by atoms with Gasteiger partial charge in [-0.1, -0.05) is 31.9 Å². The fourth-order valence-electron chi connectivity index (χ4n) is 3.35. The second-order valence-corrected chi connectivity index (χ2v) is 5.30. The van der Waals surface area contributed by atoms with Gasteiger partial charge < -0.3 is 4.74 Å². The molecule has 2 rings (SSSR count). The number of hydrogen-bond donors (Lipinski definition) is 2. The lowest BCUT2D eigenvalue weighted by Gasteiger charge is -2.37. The zero-order valence-corrected chi connectivity index (χ0v) is 11.4. The molecule has 1 aliphatic rings. The molecule has 1 aromatic carbocycles. The minimum atomic E-state index is 0.246. The van der Waals surface area contributed by atoms with Crippen molar-refractivity contribution in [1.29, 1.82) is 0 Å². The van der Waals surface area contributed by atoms with Crippen molar-refractivity contribution < 1.29 is 4.74 Å². The molecule has 0 heterocycles. The van der Waals surface area contributed by atoms with Gasteiger partial charge in [-0.25, -0.2) is 0 Å². The van der Waals surface area contributed by atoms with E-state index >= 15 is 0 Å². The summed E-state index contributed by atoms with van der Waals surface area (Å²) in [6.45, 7) is 2.28. The Hall–Kier alpha value is -1.06. The van der Waals surface area contributed by atoms with Gasteiger partial charge >= 0.3 is 0 Å². The van der Waals surface area contributed by atoms with Crippen LogP contribution in [-0.4, -0.2) is 7.11 Å². The van der Waals surface area contributed by atoms with Gasteiger partial charge in [-0.15, -0.1) is 0 Å². The van der Waals surface area contributed by atoms with Crippen molar-refractivity contribution in [3.63, 3.8) is 0 Å². The van der Waals surface area contributed by atoms with Crippen molar-refractivity contribution in [2.24, 2.45) is 11.3 Å². The Morgan fingerprint density at radius 1 is 1.28 bits per heavy atom. The first kappa shape index (κ1) is 13.4. The lowest BCUT2D eigenvalue weighted by Crippen LogP contribution is -2.40. The van der Waals surface area contributed by atoms with Gasteiger partial charge in [0.05, 0.1) is 13.2 Å². The van der Waals surface area contributed by atoms with Gasteiger partial charge in [0.2, 0.25) is 0 Å².